The molecule has 0 aromatic heterocycles. The first-order valence-electron chi connectivity index (χ1n) is 3.23. The Balaban J connectivity index is 0.000000110. The molecular formula is C6H14B. The Morgan fingerprint density at radius 1 is 1.29 bits per heavy atom. The van der Waals surface area contributed by atoms with Crippen LogP contribution in [0.2, 0.25) is 12.6 Å². The fraction of sp³-hybridized carbons (Fsp3) is 1.00. The molecule has 0 nitrogen and oxygen atoms in total. The highest BCUT2D eigenvalue weighted by Crippen LogP contribution is 2.07. The summed E-state index contributed by atoms with van der Waals surface area (Å²) in [5, 5.41) is 0. The zero-order valence-electron chi connectivity index (χ0n) is 5.41. The Bertz CT molecular complexity index is 19.4. The molecule has 1 heterocycles. The summed E-state index contributed by atoms with van der Waals surface area (Å²) >= 11 is 0. The van der Waals surface area contributed by atoms with Crippen LogP contribution in [0, 0.1) is 0 Å². The van der Waals surface area contributed by atoms with E-state index in [0.717, 1.165) is 0 Å². The van der Waals surface area contributed by atoms with E-state index in [1.54, 1.807) is 0 Å². The highest BCUT2D eigenvalue weighted by molar-refractivity contribution is 6.38. The van der Waals surface area contributed by atoms with Crippen molar-refractivity contribution < 1.29 is 0 Å². The monoisotopic (exact) mass is 97.1 g/mol. The average Bonchev–Trinajstić information content (AvgIpc) is 1.27. The van der Waals surface area contributed by atoms with Crippen LogP contribution in [-0.2, 0) is 0 Å². The summed E-state index contributed by atoms with van der Waals surface area (Å²) in [6, 6.07) is 0. The molecule has 41 valence electrons. The van der Waals surface area contributed by atoms with Crippen LogP contribution < -0.4 is 0 Å². The lowest BCUT2D eigenvalue weighted by Gasteiger charge is -2.03. The first-order valence-corrected chi connectivity index (χ1v) is 3.23. The molecule has 1 heteroatoms. The van der Waals surface area contributed by atoms with Crippen molar-refractivity contribution in [3.63, 3.8) is 0 Å². The molecule has 1 aliphatic heterocycles. The molecule has 0 unspecified atom stereocenters. The van der Waals surface area contributed by atoms with Crippen molar-refractivity contribution in [1.29, 1.82) is 0 Å². The largest absolute Gasteiger partial charge is 0.109 e. The molecule has 1 rings (SSSR count). The molecule has 0 bridgehead atoms. The van der Waals surface area contributed by atoms with Crippen LogP contribution in [0.3, 0.4) is 0 Å². The Labute approximate surface area is 47.6 Å². The normalized spacial score (nSPS) is 15.1. The van der Waals surface area contributed by atoms with E-state index in [0.29, 0.717) is 0 Å². The first-order chi connectivity index (χ1) is 3.41. The Kier molecular flexibility index (Phi) is 6.12. The molecule has 0 saturated carbocycles. The quantitative estimate of drug-likeness (QED) is 0.407. The van der Waals surface area contributed by atoms with Crippen LogP contribution in [0.1, 0.15) is 26.7 Å². The summed E-state index contributed by atoms with van der Waals surface area (Å²) in [4.78, 5) is 0. The van der Waals surface area contributed by atoms with Crippen LogP contribution in [-0.4, -0.2) is 7.28 Å². The van der Waals surface area contributed by atoms with Gasteiger partial charge in [0.05, 0.1) is 0 Å². The van der Waals surface area contributed by atoms with Crippen LogP contribution in [0.15, 0.2) is 0 Å². The minimum Gasteiger partial charge on any atom is -0.0810 e. The van der Waals surface area contributed by atoms with Crippen molar-refractivity contribution >= 4 is 7.28 Å². The molecule has 1 fully saturated rings. The Morgan fingerprint density at radius 3 is 1.43 bits per heavy atom. The van der Waals surface area contributed by atoms with E-state index in [9.17, 15) is 0 Å². The van der Waals surface area contributed by atoms with Gasteiger partial charge in [0.1, 0.15) is 7.28 Å². The molecule has 0 atom stereocenters. The lowest BCUT2D eigenvalue weighted by molar-refractivity contribution is 0.971. The van der Waals surface area contributed by atoms with Gasteiger partial charge in [0.25, 0.3) is 0 Å². The van der Waals surface area contributed by atoms with Crippen molar-refractivity contribution in [3.05, 3.63) is 0 Å². The minimum atomic E-state index is 1.25. The van der Waals surface area contributed by atoms with Crippen molar-refractivity contribution in [3.8, 4) is 0 Å². The SMILES string of the molecule is CCC.[B]1CCC1. The third kappa shape index (κ3) is 6.06. The van der Waals surface area contributed by atoms with E-state index in [2.05, 4.69) is 21.1 Å². The van der Waals surface area contributed by atoms with Gasteiger partial charge in [0.2, 0.25) is 0 Å². The maximum Gasteiger partial charge on any atom is 0.109 e. The van der Waals surface area contributed by atoms with Gasteiger partial charge in [-0.05, 0) is 0 Å². The van der Waals surface area contributed by atoms with Crippen LogP contribution in [0.5, 0.6) is 0 Å². The summed E-state index contributed by atoms with van der Waals surface area (Å²) in [6.07, 6.45) is 5.44. The summed E-state index contributed by atoms with van der Waals surface area (Å²) in [5.41, 5.74) is 0. The van der Waals surface area contributed by atoms with Gasteiger partial charge in [0.15, 0.2) is 0 Å². The van der Waals surface area contributed by atoms with Gasteiger partial charge in [-0.3, -0.25) is 0 Å². The fourth-order valence-electron chi connectivity index (χ4n) is 0.204. The fourth-order valence-corrected chi connectivity index (χ4v) is 0.204. The molecule has 0 aromatic carbocycles. The molecule has 1 radical (unpaired) electrons. The number of hydrogen-bond donors (Lipinski definition) is 0. The van der Waals surface area contributed by atoms with Crippen molar-refractivity contribution in [2.75, 3.05) is 0 Å². The van der Waals surface area contributed by atoms with Gasteiger partial charge in [-0.25, -0.2) is 0 Å². The highest BCUT2D eigenvalue weighted by Gasteiger charge is 1.97. The first kappa shape index (κ1) is 7.06. The molecule has 7 heavy (non-hydrogen) atoms. The maximum absolute atomic E-state index is 2.31. The molecule has 0 amide bonds. The van der Waals surface area contributed by atoms with E-state index >= 15 is 0 Å². The van der Waals surface area contributed by atoms with Crippen molar-refractivity contribution in [2.45, 2.75) is 39.3 Å². The molecule has 0 spiro atoms. The van der Waals surface area contributed by atoms with E-state index in [4.69, 9.17) is 0 Å². The van der Waals surface area contributed by atoms with Gasteiger partial charge in [-0.2, -0.15) is 0 Å². The molecule has 0 aliphatic carbocycles. The summed E-state index contributed by atoms with van der Waals surface area (Å²) < 4.78 is 0. The third-order valence-corrected chi connectivity index (χ3v) is 0.816. The van der Waals surface area contributed by atoms with Crippen molar-refractivity contribution in [1.82, 2.24) is 0 Å². The zero-order valence-corrected chi connectivity index (χ0v) is 5.41. The molecule has 0 N–H and O–H groups in total. The molecular weight excluding hydrogens is 82.9 g/mol. The topological polar surface area (TPSA) is 0 Å². The predicted octanol–water partition coefficient (Wildman–Crippen LogP) is 2.35. The Morgan fingerprint density at radius 2 is 1.43 bits per heavy atom. The van der Waals surface area contributed by atoms with Gasteiger partial charge in [0, 0.05) is 0 Å². The van der Waals surface area contributed by atoms with Crippen LogP contribution in [0.25, 0.3) is 0 Å². The lowest BCUT2D eigenvalue weighted by Crippen LogP contribution is -1.98. The standard InChI is InChI=1S/C3H6B.C3H8/c1-2-4-3-1;1-3-2/h1-3H2;3H2,1-2H3. The lowest BCUT2D eigenvalue weighted by atomic mass is 9.58. The van der Waals surface area contributed by atoms with Gasteiger partial charge in [-0.1, -0.05) is 39.3 Å². The van der Waals surface area contributed by atoms with E-state index < -0.39 is 0 Å². The maximum atomic E-state index is 2.31. The number of rotatable bonds is 0. The third-order valence-electron chi connectivity index (χ3n) is 0.816. The van der Waals surface area contributed by atoms with Gasteiger partial charge < -0.3 is 0 Å². The smallest absolute Gasteiger partial charge is 0.0810 e. The second-order valence-electron chi connectivity index (χ2n) is 1.93. The zero-order chi connectivity index (χ0) is 5.54. The van der Waals surface area contributed by atoms with E-state index in [1.165, 1.54) is 25.5 Å². The summed E-state index contributed by atoms with van der Waals surface area (Å²) in [7, 11) is 2.31. The van der Waals surface area contributed by atoms with E-state index in [-0.39, 0.29) is 0 Å². The minimum absolute atomic E-state index is 1.25. The van der Waals surface area contributed by atoms with E-state index in [1.807, 2.05) is 0 Å². The average molecular weight is 97.0 g/mol. The molecule has 1 saturated heterocycles. The van der Waals surface area contributed by atoms with Gasteiger partial charge >= 0.3 is 0 Å². The number of hydrogen-bond acceptors (Lipinski definition) is 0. The van der Waals surface area contributed by atoms with Crippen LogP contribution >= 0.6 is 0 Å². The highest BCUT2D eigenvalue weighted by atomic mass is 13.8. The predicted molar refractivity (Wildman–Crippen MR) is 35.9 cm³/mol. The van der Waals surface area contributed by atoms with Gasteiger partial charge in [-0.15, -0.1) is 0 Å². The second-order valence-corrected chi connectivity index (χ2v) is 1.93. The molecule has 0 aromatic rings. The Hall–Kier alpha value is 0.0649. The molecule has 1 aliphatic rings. The summed E-state index contributed by atoms with van der Waals surface area (Å²) in [5.74, 6) is 0. The summed E-state index contributed by atoms with van der Waals surface area (Å²) in [6.45, 7) is 4.25. The van der Waals surface area contributed by atoms with Crippen LogP contribution in [0.4, 0.5) is 0 Å². The van der Waals surface area contributed by atoms with Crippen molar-refractivity contribution in [2.24, 2.45) is 0 Å². The second kappa shape index (κ2) is 6.06.